The molecule has 2 unspecified atom stereocenters. The molecule has 0 spiro atoms. The average molecular weight is 477 g/mol. The number of Topliss-reactive ketones (excluding diaryl/α,β-unsaturated/α-hetero) is 1. The van der Waals surface area contributed by atoms with Gasteiger partial charge in [-0.2, -0.15) is 0 Å². The summed E-state index contributed by atoms with van der Waals surface area (Å²) in [5.41, 5.74) is 6.09. The molecule has 2 aliphatic heterocycles. The largest absolute Gasteiger partial charge is 0.378 e. The van der Waals surface area contributed by atoms with Gasteiger partial charge in [-0.05, 0) is 80.3 Å². The third kappa shape index (κ3) is 4.10. The highest BCUT2D eigenvalue weighted by Crippen LogP contribution is 2.50. The summed E-state index contributed by atoms with van der Waals surface area (Å²) in [6.07, 6.45) is 0.642. The van der Waals surface area contributed by atoms with E-state index in [4.69, 9.17) is 4.74 Å². The molecular formula is C27H28N2O4S. The molecule has 1 fully saturated rings. The number of ketones is 1. The van der Waals surface area contributed by atoms with E-state index in [1.165, 1.54) is 0 Å². The Bertz CT molecular complexity index is 1380. The van der Waals surface area contributed by atoms with Crippen molar-refractivity contribution in [2.45, 2.75) is 44.2 Å². The molecular weight excluding hydrogens is 448 g/mol. The highest BCUT2D eigenvalue weighted by molar-refractivity contribution is 7.92. The van der Waals surface area contributed by atoms with Crippen LogP contribution in [0.15, 0.2) is 65.6 Å². The molecule has 0 aromatic heterocycles. The van der Waals surface area contributed by atoms with Crippen LogP contribution in [-0.2, 0) is 14.8 Å². The average Bonchev–Trinajstić information content (AvgIpc) is 3.31. The van der Waals surface area contributed by atoms with Crippen molar-refractivity contribution in [1.29, 1.82) is 0 Å². The van der Waals surface area contributed by atoms with E-state index in [0.29, 0.717) is 17.9 Å². The Morgan fingerprint density at radius 1 is 1.03 bits per heavy atom. The first-order chi connectivity index (χ1) is 16.2. The summed E-state index contributed by atoms with van der Waals surface area (Å²) in [4.78, 5) is 12.1. The summed E-state index contributed by atoms with van der Waals surface area (Å²) in [6, 6.07) is 18.3. The fourth-order valence-electron chi connectivity index (χ4n) is 4.92. The van der Waals surface area contributed by atoms with Crippen LogP contribution >= 0.6 is 0 Å². The zero-order valence-corrected chi connectivity index (χ0v) is 20.3. The third-order valence-electron chi connectivity index (χ3n) is 6.93. The fraction of sp³-hybridized carbons (Fsp3) is 0.296. The van der Waals surface area contributed by atoms with Crippen LogP contribution in [0.4, 0.5) is 11.4 Å². The van der Waals surface area contributed by atoms with Gasteiger partial charge >= 0.3 is 0 Å². The van der Waals surface area contributed by atoms with E-state index >= 15 is 0 Å². The van der Waals surface area contributed by atoms with Crippen molar-refractivity contribution >= 4 is 27.2 Å². The van der Waals surface area contributed by atoms with E-state index < -0.39 is 10.0 Å². The molecule has 5 rings (SSSR count). The molecule has 3 aromatic rings. The Kier molecular flexibility index (Phi) is 5.70. The van der Waals surface area contributed by atoms with Gasteiger partial charge in [-0.1, -0.05) is 24.3 Å². The van der Waals surface area contributed by atoms with Gasteiger partial charge in [0.25, 0.3) is 10.0 Å². The Morgan fingerprint density at radius 2 is 1.85 bits per heavy atom. The van der Waals surface area contributed by atoms with Crippen molar-refractivity contribution < 1.29 is 17.9 Å². The van der Waals surface area contributed by atoms with Gasteiger partial charge < -0.3 is 10.1 Å². The Balaban J connectivity index is 1.48. The van der Waals surface area contributed by atoms with Gasteiger partial charge in [0, 0.05) is 35.0 Å². The molecule has 6 nitrogen and oxygen atoms in total. The highest BCUT2D eigenvalue weighted by atomic mass is 32.2. The molecule has 2 heterocycles. The maximum absolute atomic E-state index is 13.2. The number of nitrogens with one attached hydrogen (secondary N) is 2. The zero-order chi connectivity index (χ0) is 24.0. The van der Waals surface area contributed by atoms with Crippen LogP contribution in [0.2, 0.25) is 0 Å². The molecule has 0 saturated carbocycles. The van der Waals surface area contributed by atoms with E-state index in [1.807, 2.05) is 56.3 Å². The highest BCUT2D eigenvalue weighted by Gasteiger charge is 2.42. The number of anilines is 2. The summed E-state index contributed by atoms with van der Waals surface area (Å²) >= 11 is 0. The van der Waals surface area contributed by atoms with Gasteiger partial charge in [-0.15, -0.1) is 0 Å². The van der Waals surface area contributed by atoms with Crippen LogP contribution in [0.5, 0.6) is 0 Å². The van der Waals surface area contributed by atoms with Crippen molar-refractivity contribution in [2.75, 3.05) is 16.6 Å². The van der Waals surface area contributed by atoms with E-state index in [0.717, 1.165) is 34.4 Å². The van der Waals surface area contributed by atoms with Crippen molar-refractivity contribution in [2.24, 2.45) is 5.92 Å². The van der Waals surface area contributed by atoms with Crippen LogP contribution in [-0.4, -0.2) is 20.8 Å². The maximum Gasteiger partial charge on any atom is 0.261 e. The SMILES string of the molecule is CC(=O)c1cccc(C2Nc3ccc(S(=O)(=O)Nc4ccc(C)c(C)c4)cc3C3OCC[C@@H]23)c1. The van der Waals surface area contributed by atoms with E-state index in [2.05, 4.69) is 10.0 Å². The molecule has 176 valence electrons. The van der Waals surface area contributed by atoms with E-state index in [1.54, 1.807) is 25.1 Å². The minimum atomic E-state index is -3.76. The number of carbonyl (C=O) groups is 1. The molecule has 34 heavy (non-hydrogen) atoms. The van der Waals surface area contributed by atoms with Crippen molar-refractivity contribution in [3.63, 3.8) is 0 Å². The Hall–Kier alpha value is -3.16. The topological polar surface area (TPSA) is 84.5 Å². The summed E-state index contributed by atoms with van der Waals surface area (Å²) in [5, 5.41) is 3.59. The third-order valence-corrected chi connectivity index (χ3v) is 8.31. The Morgan fingerprint density at radius 3 is 2.62 bits per heavy atom. The van der Waals surface area contributed by atoms with Crippen LogP contribution in [0.3, 0.4) is 0 Å². The summed E-state index contributed by atoms with van der Waals surface area (Å²) in [7, 11) is -3.76. The van der Waals surface area contributed by atoms with Crippen LogP contribution in [0.25, 0.3) is 0 Å². The lowest BCUT2D eigenvalue weighted by Crippen LogP contribution is -2.29. The molecule has 0 aliphatic carbocycles. The molecule has 1 saturated heterocycles. The number of rotatable bonds is 5. The number of ether oxygens (including phenoxy) is 1. The molecule has 3 atom stereocenters. The van der Waals surface area contributed by atoms with E-state index in [9.17, 15) is 13.2 Å². The molecule has 7 heteroatoms. The monoisotopic (exact) mass is 476 g/mol. The second-order valence-corrected chi connectivity index (χ2v) is 10.9. The number of hydrogen-bond acceptors (Lipinski definition) is 5. The standard InChI is InChI=1S/C27H28N2O4S/c1-16-7-8-21(13-17(16)2)29-34(31,32)22-9-10-25-24(15-22)27-23(11-12-33-27)26(28-25)20-6-4-5-19(14-20)18(3)30/h4-10,13-15,23,26-29H,11-12H2,1-3H3/t23-,26?,27?/m0/s1. The van der Waals surface area contributed by atoms with Crippen molar-refractivity contribution in [3.8, 4) is 0 Å². The maximum atomic E-state index is 13.2. The van der Waals surface area contributed by atoms with Gasteiger partial charge in [0.05, 0.1) is 17.0 Å². The second kappa shape index (κ2) is 8.56. The second-order valence-electron chi connectivity index (χ2n) is 9.20. The quantitative estimate of drug-likeness (QED) is 0.472. The van der Waals surface area contributed by atoms with Gasteiger partial charge in [-0.3, -0.25) is 9.52 Å². The van der Waals surface area contributed by atoms with Crippen LogP contribution in [0.1, 0.15) is 58.1 Å². The van der Waals surface area contributed by atoms with Gasteiger partial charge in [-0.25, -0.2) is 8.42 Å². The van der Waals surface area contributed by atoms with Crippen LogP contribution in [0, 0.1) is 19.8 Å². The lowest BCUT2D eigenvalue weighted by Gasteiger charge is -2.36. The van der Waals surface area contributed by atoms with Gasteiger partial charge in [0.15, 0.2) is 5.78 Å². The van der Waals surface area contributed by atoms with Gasteiger partial charge in [0.1, 0.15) is 0 Å². The van der Waals surface area contributed by atoms with Crippen LogP contribution < -0.4 is 10.0 Å². The summed E-state index contributed by atoms with van der Waals surface area (Å²) in [6.45, 7) is 6.12. The molecule has 0 amide bonds. The smallest absolute Gasteiger partial charge is 0.261 e. The minimum absolute atomic E-state index is 0.0181. The van der Waals surface area contributed by atoms with Crippen molar-refractivity contribution in [3.05, 3.63) is 88.5 Å². The number of benzene rings is 3. The predicted molar refractivity (Wildman–Crippen MR) is 133 cm³/mol. The first-order valence-corrected chi connectivity index (χ1v) is 12.9. The Labute approximate surface area is 200 Å². The normalized spacial score (nSPS) is 21.3. The number of fused-ring (bicyclic) bond motifs is 3. The first kappa shape index (κ1) is 22.6. The fourth-order valence-corrected chi connectivity index (χ4v) is 6.00. The summed E-state index contributed by atoms with van der Waals surface area (Å²) in [5.74, 6) is 0.170. The molecule has 0 radical (unpaired) electrons. The molecule has 3 aromatic carbocycles. The number of aryl methyl sites for hydroxylation is 2. The number of carbonyl (C=O) groups excluding carboxylic acids is 1. The lowest BCUT2D eigenvalue weighted by molar-refractivity contribution is 0.0827. The molecule has 2 aliphatic rings. The number of sulfonamides is 1. The number of hydrogen-bond donors (Lipinski definition) is 2. The zero-order valence-electron chi connectivity index (χ0n) is 19.5. The van der Waals surface area contributed by atoms with E-state index in [-0.39, 0.29) is 28.7 Å². The minimum Gasteiger partial charge on any atom is -0.378 e. The molecule has 0 bridgehead atoms. The first-order valence-electron chi connectivity index (χ1n) is 11.5. The van der Waals surface area contributed by atoms with Gasteiger partial charge in [0.2, 0.25) is 0 Å². The lowest BCUT2D eigenvalue weighted by atomic mass is 9.80. The predicted octanol–water partition coefficient (Wildman–Crippen LogP) is 5.55. The van der Waals surface area contributed by atoms with Crippen molar-refractivity contribution in [1.82, 2.24) is 0 Å². The molecule has 2 N–H and O–H groups in total. The summed E-state index contributed by atoms with van der Waals surface area (Å²) < 4.78 is 35.1.